The van der Waals surface area contributed by atoms with Gasteiger partial charge >= 0.3 is 6.03 Å². The Morgan fingerprint density at radius 1 is 1.19 bits per heavy atom. The standard InChI is InChI=1S/C24H32FN3O3/c1-27(20-9-4-3-5-10-20)22-13-12-19(16-21(22)25)26-24(30)28(14-15-29)17-18-8-6-7-11-23(18)31-2/h6-8,11-13,16,20,29H,3-5,9-10,14-15,17H2,1-2H3,(H,26,30). The molecule has 1 fully saturated rings. The average molecular weight is 430 g/mol. The number of aliphatic hydroxyl groups is 1. The summed E-state index contributed by atoms with van der Waals surface area (Å²) < 4.78 is 20.2. The van der Waals surface area contributed by atoms with Gasteiger partial charge in [0, 0.05) is 30.9 Å². The number of hydrogen-bond donors (Lipinski definition) is 2. The second-order valence-electron chi connectivity index (χ2n) is 7.96. The minimum atomic E-state index is -0.409. The molecule has 2 N–H and O–H groups in total. The number of methoxy groups -OCH3 is 1. The smallest absolute Gasteiger partial charge is 0.322 e. The predicted molar refractivity (Wildman–Crippen MR) is 121 cm³/mol. The highest BCUT2D eigenvalue weighted by Crippen LogP contribution is 2.29. The summed E-state index contributed by atoms with van der Waals surface area (Å²) in [5.41, 5.74) is 1.75. The Morgan fingerprint density at radius 2 is 1.94 bits per heavy atom. The Labute approximate surface area is 183 Å². The normalized spacial score (nSPS) is 14.2. The largest absolute Gasteiger partial charge is 0.496 e. The van der Waals surface area contributed by atoms with Crippen LogP contribution in [0.25, 0.3) is 0 Å². The molecule has 0 aromatic heterocycles. The third kappa shape index (κ3) is 5.88. The third-order valence-corrected chi connectivity index (χ3v) is 5.91. The van der Waals surface area contributed by atoms with Gasteiger partial charge in [-0.25, -0.2) is 9.18 Å². The molecule has 1 saturated carbocycles. The summed E-state index contributed by atoms with van der Waals surface area (Å²) in [6.45, 7) is 0.234. The first-order valence-electron chi connectivity index (χ1n) is 10.8. The van der Waals surface area contributed by atoms with Crippen molar-refractivity contribution < 1.29 is 19.0 Å². The van der Waals surface area contributed by atoms with Crippen LogP contribution < -0.4 is 15.0 Å². The molecular formula is C24H32FN3O3. The average Bonchev–Trinajstić information content (AvgIpc) is 2.79. The number of halogens is 1. The van der Waals surface area contributed by atoms with Crippen LogP contribution in [-0.2, 0) is 6.54 Å². The molecule has 0 bridgehead atoms. The van der Waals surface area contributed by atoms with Crippen molar-refractivity contribution in [3.8, 4) is 5.75 Å². The molecule has 2 aromatic carbocycles. The van der Waals surface area contributed by atoms with E-state index in [2.05, 4.69) is 5.32 Å². The van der Waals surface area contributed by atoms with Crippen LogP contribution in [0.1, 0.15) is 37.7 Å². The molecule has 7 heteroatoms. The number of para-hydroxylation sites is 1. The van der Waals surface area contributed by atoms with E-state index in [0.29, 0.717) is 23.2 Å². The van der Waals surface area contributed by atoms with E-state index >= 15 is 0 Å². The number of hydrogen-bond acceptors (Lipinski definition) is 4. The van der Waals surface area contributed by atoms with Gasteiger partial charge in [-0.2, -0.15) is 0 Å². The van der Waals surface area contributed by atoms with Crippen LogP contribution in [0.5, 0.6) is 5.75 Å². The Morgan fingerprint density at radius 3 is 2.61 bits per heavy atom. The van der Waals surface area contributed by atoms with Gasteiger partial charge in [0.25, 0.3) is 0 Å². The van der Waals surface area contributed by atoms with Gasteiger partial charge < -0.3 is 25.0 Å². The van der Waals surface area contributed by atoms with Gasteiger partial charge in [0.1, 0.15) is 11.6 Å². The van der Waals surface area contributed by atoms with E-state index in [-0.39, 0.29) is 25.5 Å². The van der Waals surface area contributed by atoms with E-state index in [0.717, 1.165) is 18.4 Å². The predicted octanol–water partition coefficient (Wildman–Crippen LogP) is 4.63. The van der Waals surface area contributed by atoms with Crippen LogP contribution in [-0.4, -0.2) is 49.4 Å². The van der Waals surface area contributed by atoms with Crippen molar-refractivity contribution in [3.63, 3.8) is 0 Å². The third-order valence-electron chi connectivity index (χ3n) is 5.91. The molecule has 2 amide bonds. The maximum atomic E-state index is 14.8. The molecule has 1 aliphatic rings. The number of aliphatic hydroxyl groups excluding tert-OH is 1. The van der Waals surface area contributed by atoms with Crippen LogP contribution in [0.2, 0.25) is 0 Å². The second kappa shape index (κ2) is 11.0. The highest BCUT2D eigenvalue weighted by atomic mass is 19.1. The monoisotopic (exact) mass is 429 g/mol. The summed E-state index contributed by atoms with van der Waals surface area (Å²) >= 11 is 0. The van der Waals surface area contributed by atoms with Crippen LogP contribution >= 0.6 is 0 Å². The molecule has 0 atom stereocenters. The molecule has 0 saturated heterocycles. The van der Waals surface area contributed by atoms with Crippen molar-refractivity contribution in [1.29, 1.82) is 0 Å². The summed E-state index contributed by atoms with van der Waals surface area (Å²) in [4.78, 5) is 16.3. The van der Waals surface area contributed by atoms with Crippen molar-refractivity contribution in [2.24, 2.45) is 0 Å². The number of ether oxygens (including phenoxy) is 1. The fourth-order valence-electron chi connectivity index (χ4n) is 4.15. The molecule has 0 aliphatic heterocycles. The lowest BCUT2D eigenvalue weighted by Crippen LogP contribution is -2.36. The number of nitrogens with one attached hydrogen (secondary N) is 1. The number of carbonyl (C=O) groups excluding carboxylic acids is 1. The summed E-state index contributed by atoms with van der Waals surface area (Å²) in [7, 11) is 3.51. The lowest BCUT2D eigenvalue weighted by atomic mass is 9.94. The molecule has 0 spiro atoms. The Hall–Kier alpha value is -2.80. The summed E-state index contributed by atoms with van der Waals surface area (Å²) in [5, 5.41) is 12.2. The molecule has 6 nitrogen and oxygen atoms in total. The van der Waals surface area contributed by atoms with E-state index in [1.807, 2.05) is 36.2 Å². The maximum absolute atomic E-state index is 14.8. The van der Waals surface area contributed by atoms with E-state index < -0.39 is 6.03 Å². The van der Waals surface area contributed by atoms with Gasteiger partial charge in [-0.05, 0) is 37.1 Å². The first kappa shape index (κ1) is 22.9. The first-order chi connectivity index (χ1) is 15.0. The van der Waals surface area contributed by atoms with Gasteiger partial charge in [-0.15, -0.1) is 0 Å². The zero-order chi connectivity index (χ0) is 22.2. The fourth-order valence-corrected chi connectivity index (χ4v) is 4.15. The van der Waals surface area contributed by atoms with Crippen molar-refractivity contribution >= 4 is 17.4 Å². The van der Waals surface area contributed by atoms with Crippen molar-refractivity contribution in [2.75, 3.05) is 37.5 Å². The minimum Gasteiger partial charge on any atom is -0.496 e. The number of urea groups is 1. The summed E-state index contributed by atoms with van der Waals surface area (Å²) in [6.07, 6.45) is 5.76. The van der Waals surface area contributed by atoms with Gasteiger partial charge in [0.15, 0.2) is 0 Å². The molecule has 0 heterocycles. The number of nitrogens with zero attached hydrogens (tertiary/aromatic N) is 2. The maximum Gasteiger partial charge on any atom is 0.322 e. The number of benzene rings is 2. The van der Waals surface area contributed by atoms with Crippen LogP contribution in [0.3, 0.4) is 0 Å². The van der Waals surface area contributed by atoms with Crippen LogP contribution in [0.4, 0.5) is 20.6 Å². The zero-order valence-corrected chi connectivity index (χ0v) is 18.3. The Kier molecular flexibility index (Phi) is 8.12. The van der Waals surface area contributed by atoms with Crippen LogP contribution in [0.15, 0.2) is 42.5 Å². The highest BCUT2D eigenvalue weighted by molar-refractivity contribution is 5.89. The van der Waals surface area contributed by atoms with Crippen molar-refractivity contribution in [1.82, 2.24) is 4.90 Å². The van der Waals surface area contributed by atoms with E-state index in [4.69, 9.17) is 4.74 Å². The molecule has 0 radical (unpaired) electrons. The molecule has 168 valence electrons. The fraction of sp³-hybridized carbons (Fsp3) is 0.458. The van der Waals surface area contributed by atoms with Gasteiger partial charge in [0.2, 0.25) is 0 Å². The zero-order valence-electron chi connectivity index (χ0n) is 18.3. The first-order valence-corrected chi connectivity index (χ1v) is 10.8. The van der Waals surface area contributed by atoms with Gasteiger partial charge in [-0.1, -0.05) is 37.5 Å². The molecule has 2 aromatic rings. The SMILES string of the molecule is COc1ccccc1CN(CCO)C(=O)Nc1ccc(N(C)C2CCCCC2)c(F)c1. The number of rotatable bonds is 8. The van der Waals surface area contributed by atoms with E-state index in [9.17, 15) is 14.3 Å². The topological polar surface area (TPSA) is 65.0 Å². The van der Waals surface area contributed by atoms with Crippen molar-refractivity contribution in [2.45, 2.75) is 44.7 Å². The van der Waals surface area contributed by atoms with Crippen LogP contribution in [0, 0.1) is 5.82 Å². The molecule has 3 rings (SSSR count). The van der Waals surface area contributed by atoms with E-state index in [1.165, 1.54) is 30.2 Å². The van der Waals surface area contributed by atoms with E-state index in [1.54, 1.807) is 19.2 Å². The lowest BCUT2D eigenvalue weighted by molar-refractivity contribution is 0.184. The minimum absolute atomic E-state index is 0.148. The number of anilines is 2. The molecular weight excluding hydrogens is 397 g/mol. The molecule has 31 heavy (non-hydrogen) atoms. The lowest BCUT2D eigenvalue weighted by Gasteiger charge is -2.33. The van der Waals surface area contributed by atoms with Gasteiger partial charge in [-0.3, -0.25) is 0 Å². The number of carbonyl (C=O) groups is 1. The Balaban J connectivity index is 1.69. The second-order valence-corrected chi connectivity index (χ2v) is 7.96. The molecule has 0 unspecified atom stereocenters. The Bertz CT molecular complexity index is 871. The quantitative estimate of drug-likeness (QED) is 0.642. The summed E-state index contributed by atoms with van der Waals surface area (Å²) in [5.74, 6) is 0.309. The number of amides is 2. The van der Waals surface area contributed by atoms with Gasteiger partial charge in [0.05, 0.1) is 25.9 Å². The summed E-state index contributed by atoms with van der Waals surface area (Å²) in [6, 6.07) is 12.1. The highest BCUT2D eigenvalue weighted by Gasteiger charge is 2.21. The molecule has 1 aliphatic carbocycles. The van der Waals surface area contributed by atoms with Crippen molar-refractivity contribution in [3.05, 3.63) is 53.8 Å².